The van der Waals surface area contributed by atoms with E-state index >= 15 is 0 Å². The van der Waals surface area contributed by atoms with Crippen LogP contribution in [0.25, 0.3) is 0 Å². The lowest BCUT2D eigenvalue weighted by Crippen LogP contribution is -2.59. The first kappa shape index (κ1) is 10.5. The highest BCUT2D eigenvalue weighted by Gasteiger charge is 2.40. The summed E-state index contributed by atoms with van der Waals surface area (Å²) in [6, 6.07) is -0.110. The number of carbonyl (C=O) groups is 2. The Morgan fingerprint density at radius 2 is 2.00 bits per heavy atom. The van der Waals surface area contributed by atoms with Crippen LogP contribution in [0, 0.1) is 5.92 Å². The third-order valence-electron chi connectivity index (χ3n) is 3.47. The Hall–Kier alpha value is -1.06. The van der Waals surface area contributed by atoms with Gasteiger partial charge in [0, 0.05) is 12.6 Å². The summed E-state index contributed by atoms with van der Waals surface area (Å²) in [5.74, 6) is 0.0679. The first-order valence-corrected chi connectivity index (χ1v) is 5.86. The highest BCUT2D eigenvalue weighted by atomic mass is 16.2. The minimum atomic E-state index is -0.203. The minimum absolute atomic E-state index is 0.0325. The summed E-state index contributed by atoms with van der Waals surface area (Å²) in [4.78, 5) is 25.0. The summed E-state index contributed by atoms with van der Waals surface area (Å²) >= 11 is 0. The second kappa shape index (κ2) is 4.21. The zero-order chi connectivity index (χ0) is 10.8. The first-order valence-electron chi connectivity index (χ1n) is 5.86. The zero-order valence-corrected chi connectivity index (χ0v) is 9.16. The van der Waals surface area contributed by atoms with E-state index in [1.54, 1.807) is 0 Å². The maximum Gasteiger partial charge on any atom is 0.324 e. The van der Waals surface area contributed by atoms with Crippen LogP contribution in [0.5, 0.6) is 0 Å². The monoisotopic (exact) mass is 210 g/mol. The Bertz CT molecular complexity index is 278. The number of nitrogens with zero attached hydrogens (tertiary/aromatic N) is 1. The average Bonchev–Trinajstić information content (AvgIpc) is 2.43. The number of imide groups is 1. The smallest absolute Gasteiger partial charge is 0.324 e. The van der Waals surface area contributed by atoms with Gasteiger partial charge in [0.25, 0.3) is 0 Å². The molecule has 2 unspecified atom stereocenters. The number of carbonyl (C=O) groups excluding carboxylic acids is 2. The molecule has 1 aliphatic heterocycles. The minimum Gasteiger partial charge on any atom is -0.334 e. The van der Waals surface area contributed by atoms with E-state index in [1.165, 1.54) is 11.3 Å². The molecule has 0 aromatic heterocycles. The fourth-order valence-corrected chi connectivity index (χ4v) is 2.61. The van der Waals surface area contributed by atoms with Crippen LogP contribution in [-0.4, -0.2) is 29.4 Å². The van der Waals surface area contributed by atoms with Crippen LogP contribution in [0.4, 0.5) is 4.79 Å². The number of rotatable bonds is 1. The van der Waals surface area contributed by atoms with E-state index in [9.17, 15) is 9.59 Å². The molecule has 0 radical (unpaired) electrons. The molecule has 4 heteroatoms. The van der Waals surface area contributed by atoms with Gasteiger partial charge in [-0.05, 0) is 19.8 Å². The van der Waals surface area contributed by atoms with Crippen molar-refractivity contribution >= 4 is 11.9 Å². The van der Waals surface area contributed by atoms with Crippen molar-refractivity contribution in [3.05, 3.63) is 0 Å². The van der Waals surface area contributed by atoms with Crippen molar-refractivity contribution < 1.29 is 9.59 Å². The molecule has 2 fully saturated rings. The molecule has 4 nitrogen and oxygen atoms in total. The van der Waals surface area contributed by atoms with Gasteiger partial charge in [0.05, 0.1) is 5.92 Å². The first-order chi connectivity index (χ1) is 7.24. The fraction of sp³-hybridized carbons (Fsp3) is 0.818. The van der Waals surface area contributed by atoms with Gasteiger partial charge in [0.2, 0.25) is 5.91 Å². The molecule has 1 heterocycles. The van der Waals surface area contributed by atoms with Crippen molar-refractivity contribution in [2.45, 2.75) is 45.1 Å². The summed E-state index contributed by atoms with van der Waals surface area (Å²) in [5.41, 5.74) is 0. The van der Waals surface area contributed by atoms with Gasteiger partial charge in [-0.1, -0.05) is 19.3 Å². The third-order valence-corrected chi connectivity index (χ3v) is 3.47. The second-order valence-electron chi connectivity index (χ2n) is 4.38. The van der Waals surface area contributed by atoms with Crippen LogP contribution in [0.2, 0.25) is 0 Å². The number of hydrogen-bond acceptors (Lipinski definition) is 2. The van der Waals surface area contributed by atoms with Gasteiger partial charge in [-0.25, -0.2) is 4.79 Å². The normalized spacial score (nSPS) is 31.9. The number of hydrogen-bond donors (Lipinski definition) is 1. The van der Waals surface area contributed by atoms with Gasteiger partial charge in [0.1, 0.15) is 0 Å². The predicted molar refractivity (Wildman–Crippen MR) is 56.3 cm³/mol. The topological polar surface area (TPSA) is 49.4 Å². The Morgan fingerprint density at radius 3 is 2.73 bits per heavy atom. The van der Waals surface area contributed by atoms with Crippen molar-refractivity contribution in [3.63, 3.8) is 0 Å². The van der Waals surface area contributed by atoms with E-state index in [0.29, 0.717) is 6.54 Å². The molecule has 84 valence electrons. The largest absolute Gasteiger partial charge is 0.334 e. The summed E-state index contributed by atoms with van der Waals surface area (Å²) in [5, 5.41) is 2.96. The van der Waals surface area contributed by atoms with Crippen molar-refractivity contribution in [1.82, 2.24) is 10.2 Å². The quantitative estimate of drug-likeness (QED) is 0.713. The Balaban J connectivity index is 2.16. The van der Waals surface area contributed by atoms with E-state index in [2.05, 4.69) is 5.32 Å². The van der Waals surface area contributed by atoms with Crippen LogP contribution in [0.1, 0.15) is 39.0 Å². The van der Waals surface area contributed by atoms with Crippen molar-refractivity contribution in [2.75, 3.05) is 6.54 Å². The van der Waals surface area contributed by atoms with Gasteiger partial charge in [0.15, 0.2) is 0 Å². The van der Waals surface area contributed by atoms with Gasteiger partial charge < -0.3 is 5.32 Å². The van der Waals surface area contributed by atoms with Crippen LogP contribution in [-0.2, 0) is 4.79 Å². The molecule has 1 saturated carbocycles. The molecule has 3 amide bonds. The van der Waals surface area contributed by atoms with Crippen LogP contribution in [0.15, 0.2) is 0 Å². The summed E-state index contributed by atoms with van der Waals surface area (Å²) in [7, 11) is 0. The molecule has 0 aromatic rings. The zero-order valence-electron chi connectivity index (χ0n) is 9.16. The van der Waals surface area contributed by atoms with E-state index in [4.69, 9.17) is 0 Å². The van der Waals surface area contributed by atoms with E-state index < -0.39 is 0 Å². The summed E-state index contributed by atoms with van der Waals surface area (Å²) in [6.45, 7) is 2.32. The second-order valence-corrected chi connectivity index (χ2v) is 4.38. The highest BCUT2D eigenvalue weighted by Crippen LogP contribution is 2.28. The van der Waals surface area contributed by atoms with Gasteiger partial charge in [-0.3, -0.25) is 9.69 Å². The molecule has 1 aliphatic carbocycles. The lowest BCUT2D eigenvalue weighted by atomic mass is 9.91. The van der Waals surface area contributed by atoms with Gasteiger partial charge in [-0.2, -0.15) is 0 Å². The molecular formula is C11H18N2O2. The fourth-order valence-electron chi connectivity index (χ4n) is 2.61. The van der Waals surface area contributed by atoms with Crippen LogP contribution >= 0.6 is 0 Å². The standard InChI is InChI=1S/C11H18N2O2/c1-2-13-10(14)8-6-4-3-5-7-9(8)12-11(13)15/h8-9H,2-7H2,1H3,(H,12,15). The summed E-state index contributed by atoms with van der Waals surface area (Å²) in [6.07, 6.45) is 5.31. The summed E-state index contributed by atoms with van der Waals surface area (Å²) < 4.78 is 0. The van der Waals surface area contributed by atoms with Gasteiger partial charge in [-0.15, -0.1) is 0 Å². The number of urea groups is 1. The lowest BCUT2D eigenvalue weighted by molar-refractivity contribution is -0.135. The SMILES string of the molecule is CCN1C(=O)NC2CCCCCC2C1=O. The maximum atomic E-state index is 12.0. The average molecular weight is 210 g/mol. The number of fused-ring (bicyclic) bond motifs is 1. The predicted octanol–water partition coefficient (Wildman–Crippen LogP) is 1.51. The Morgan fingerprint density at radius 1 is 1.27 bits per heavy atom. The molecule has 0 spiro atoms. The lowest BCUT2D eigenvalue weighted by Gasteiger charge is -2.36. The molecule has 15 heavy (non-hydrogen) atoms. The Labute approximate surface area is 90.0 Å². The molecule has 2 rings (SSSR count). The number of nitrogens with one attached hydrogen (secondary N) is 1. The highest BCUT2D eigenvalue weighted by molar-refractivity contribution is 5.98. The number of amides is 3. The molecule has 0 bridgehead atoms. The molecule has 2 atom stereocenters. The van der Waals surface area contributed by atoms with E-state index in [-0.39, 0.29) is 23.9 Å². The van der Waals surface area contributed by atoms with Crippen LogP contribution in [0.3, 0.4) is 0 Å². The van der Waals surface area contributed by atoms with Crippen molar-refractivity contribution in [3.8, 4) is 0 Å². The Kier molecular flexibility index (Phi) is 2.93. The molecule has 1 N–H and O–H groups in total. The van der Waals surface area contributed by atoms with Crippen molar-refractivity contribution in [2.24, 2.45) is 5.92 Å². The molecule has 2 aliphatic rings. The van der Waals surface area contributed by atoms with Gasteiger partial charge >= 0.3 is 6.03 Å². The van der Waals surface area contributed by atoms with E-state index in [0.717, 1.165) is 25.7 Å². The van der Waals surface area contributed by atoms with Crippen LogP contribution < -0.4 is 5.32 Å². The molecule has 1 saturated heterocycles. The third kappa shape index (κ3) is 1.85. The molecule has 0 aromatic carbocycles. The molecular weight excluding hydrogens is 192 g/mol. The van der Waals surface area contributed by atoms with Crippen molar-refractivity contribution in [1.29, 1.82) is 0 Å². The van der Waals surface area contributed by atoms with E-state index in [1.807, 2.05) is 6.92 Å². The maximum absolute atomic E-state index is 12.0.